The summed E-state index contributed by atoms with van der Waals surface area (Å²) in [6, 6.07) is 18.6. The molecule has 0 bridgehead atoms. The number of sulfonamides is 1. The molecule has 1 N–H and O–H groups in total. The molecule has 2 aliphatic heterocycles. The summed E-state index contributed by atoms with van der Waals surface area (Å²) in [5.74, 6) is 1.23. The highest BCUT2D eigenvalue weighted by Gasteiger charge is 2.37. The number of hydrogen-bond acceptors (Lipinski definition) is 6. The zero-order valence-electron chi connectivity index (χ0n) is 19.4. The number of carbonyl (C=O) groups excluding carboxylic acids is 1. The van der Waals surface area contributed by atoms with Crippen LogP contribution in [-0.4, -0.2) is 40.2 Å². The number of hydrogen-bond donors (Lipinski definition) is 1. The predicted molar refractivity (Wildman–Crippen MR) is 131 cm³/mol. The van der Waals surface area contributed by atoms with Crippen molar-refractivity contribution in [2.24, 2.45) is 0 Å². The molecule has 35 heavy (non-hydrogen) atoms. The lowest BCUT2D eigenvalue weighted by molar-refractivity contribution is -0.128. The van der Waals surface area contributed by atoms with Gasteiger partial charge < -0.3 is 19.5 Å². The van der Waals surface area contributed by atoms with Crippen molar-refractivity contribution in [3.63, 3.8) is 0 Å². The van der Waals surface area contributed by atoms with Gasteiger partial charge >= 0.3 is 0 Å². The molecule has 2 heterocycles. The number of para-hydroxylation sites is 2. The highest BCUT2D eigenvalue weighted by Crippen LogP contribution is 2.37. The lowest BCUT2D eigenvalue weighted by Gasteiger charge is -2.35. The number of amides is 1. The number of fused-ring (bicyclic) bond motifs is 2. The maximum atomic E-state index is 13.5. The molecule has 5 rings (SSSR count). The van der Waals surface area contributed by atoms with E-state index in [1.54, 1.807) is 48.5 Å². The molecule has 8 nitrogen and oxygen atoms in total. The fourth-order valence-electron chi connectivity index (χ4n) is 4.12. The fourth-order valence-corrected chi connectivity index (χ4v) is 5.60. The van der Waals surface area contributed by atoms with Crippen molar-refractivity contribution in [2.45, 2.75) is 30.9 Å². The van der Waals surface area contributed by atoms with Gasteiger partial charge in [0.25, 0.3) is 15.9 Å². The topological polar surface area (TPSA) is 94.2 Å². The summed E-state index contributed by atoms with van der Waals surface area (Å²) in [4.78, 5) is 13.4. The average Bonchev–Trinajstić information content (AvgIpc) is 2.87. The summed E-state index contributed by atoms with van der Waals surface area (Å²) in [6.07, 6.45) is -1.02. The van der Waals surface area contributed by atoms with Gasteiger partial charge in [0, 0.05) is 0 Å². The highest BCUT2D eigenvalue weighted by molar-refractivity contribution is 7.92. The summed E-state index contributed by atoms with van der Waals surface area (Å²) in [5.41, 5.74) is 2.19. The minimum absolute atomic E-state index is 0.146. The first-order chi connectivity index (χ1) is 16.8. The molecule has 182 valence electrons. The normalized spacial score (nSPS) is 17.7. The molecule has 0 radical (unpaired) electrons. The second-order valence-corrected chi connectivity index (χ2v) is 10.4. The average molecular weight is 495 g/mol. The van der Waals surface area contributed by atoms with E-state index in [0.29, 0.717) is 36.1 Å². The van der Waals surface area contributed by atoms with Gasteiger partial charge in [-0.2, -0.15) is 0 Å². The van der Waals surface area contributed by atoms with E-state index in [1.807, 2.05) is 32.0 Å². The first kappa shape index (κ1) is 23.0. The van der Waals surface area contributed by atoms with Gasteiger partial charge in [-0.3, -0.25) is 9.10 Å². The Balaban J connectivity index is 1.38. The van der Waals surface area contributed by atoms with Crippen molar-refractivity contribution in [3.05, 3.63) is 77.9 Å². The maximum absolute atomic E-state index is 13.5. The van der Waals surface area contributed by atoms with Crippen molar-refractivity contribution in [3.8, 4) is 17.2 Å². The minimum Gasteiger partial charge on any atom is -0.486 e. The summed E-state index contributed by atoms with van der Waals surface area (Å²) in [5, 5.41) is 2.94. The van der Waals surface area contributed by atoms with Crippen LogP contribution in [0.5, 0.6) is 17.2 Å². The summed E-state index contributed by atoms with van der Waals surface area (Å²) >= 11 is 0. The van der Waals surface area contributed by atoms with Crippen LogP contribution in [0.15, 0.2) is 71.6 Å². The fraction of sp³-hybridized carbons (Fsp3) is 0.269. The Morgan fingerprint density at radius 2 is 1.69 bits per heavy atom. The van der Waals surface area contributed by atoms with Gasteiger partial charge in [0.15, 0.2) is 17.6 Å². The molecular weight excluding hydrogens is 468 g/mol. The second kappa shape index (κ2) is 9.14. The molecule has 0 saturated carbocycles. The molecule has 2 atom stereocenters. The number of carbonyl (C=O) groups is 1. The molecule has 9 heteroatoms. The van der Waals surface area contributed by atoms with E-state index in [9.17, 15) is 13.2 Å². The summed E-state index contributed by atoms with van der Waals surface area (Å²) in [7, 11) is -3.91. The molecule has 1 amide bonds. The largest absolute Gasteiger partial charge is 0.486 e. The molecule has 3 aromatic rings. The van der Waals surface area contributed by atoms with Crippen LogP contribution in [0.25, 0.3) is 0 Å². The van der Waals surface area contributed by atoms with E-state index >= 15 is 0 Å². The van der Waals surface area contributed by atoms with E-state index < -0.39 is 22.0 Å². The number of anilines is 1. The molecular formula is C26H26N2O6S. The van der Waals surface area contributed by atoms with Gasteiger partial charge in [0.05, 0.1) is 23.2 Å². The Kier molecular flexibility index (Phi) is 6.02. The quantitative estimate of drug-likeness (QED) is 0.583. The Morgan fingerprint density at radius 1 is 0.971 bits per heavy atom. The number of nitrogens with zero attached hydrogens (tertiary/aromatic N) is 1. The Morgan fingerprint density at radius 3 is 2.46 bits per heavy atom. The SMILES string of the molecule is Cc1ccc(S(=O)(=O)N2C[C@H](C(=O)N[C@@H](C)c3ccc4c(c3)OCCO4)Oc3ccccc32)cc1. The van der Waals surface area contributed by atoms with E-state index in [-0.39, 0.29) is 17.5 Å². The molecule has 3 aromatic carbocycles. The third-order valence-electron chi connectivity index (χ3n) is 6.06. The van der Waals surface area contributed by atoms with Crippen LogP contribution in [0.3, 0.4) is 0 Å². The van der Waals surface area contributed by atoms with Crippen LogP contribution in [-0.2, 0) is 14.8 Å². The lowest BCUT2D eigenvalue weighted by atomic mass is 10.1. The van der Waals surface area contributed by atoms with Crippen LogP contribution in [0.4, 0.5) is 5.69 Å². The molecule has 0 unspecified atom stereocenters. The molecule has 2 aliphatic rings. The summed E-state index contributed by atoms with van der Waals surface area (Å²) < 4.78 is 45.4. The van der Waals surface area contributed by atoms with Gasteiger partial charge in [0.1, 0.15) is 19.0 Å². The van der Waals surface area contributed by atoms with Crippen molar-refractivity contribution in [2.75, 3.05) is 24.1 Å². The molecule has 0 aliphatic carbocycles. The Labute approximate surface area is 204 Å². The van der Waals surface area contributed by atoms with Gasteiger partial charge in [-0.1, -0.05) is 35.9 Å². The van der Waals surface area contributed by atoms with Crippen LogP contribution in [0, 0.1) is 6.92 Å². The number of rotatable bonds is 5. The molecule has 0 saturated heterocycles. The Bertz CT molecular complexity index is 1360. The first-order valence-electron chi connectivity index (χ1n) is 11.4. The predicted octanol–water partition coefficient (Wildman–Crippen LogP) is 3.60. The van der Waals surface area contributed by atoms with Gasteiger partial charge in [-0.15, -0.1) is 0 Å². The number of aryl methyl sites for hydroxylation is 1. The van der Waals surface area contributed by atoms with E-state index in [1.165, 1.54) is 4.31 Å². The van der Waals surface area contributed by atoms with E-state index in [4.69, 9.17) is 14.2 Å². The molecule has 0 fully saturated rings. The monoisotopic (exact) mass is 494 g/mol. The third kappa shape index (κ3) is 4.51. The van der Waals surface area contributed by atoms with E-state index in [2.05, 4.69) is 5.32 Å². The lowest BCUT2D eigenvalue weighted by Crippen LogP contribution is -2.51. The zero-order chi connectivity index (χ0) is 24.6. The highest BCUT2D eigenvalue weighted by atomic mass is 32.2. The minimum atomic E-state index is -3.91. The van der Waals surface area contributed by atoms with Crippen LogP contribution >= 0.6 is 0 Å². The number of benzene rings is 3. The molecule has 0 spiro atoms. The Hall–Kier alpha value is -3.72. The van der Waals surface area contributed by atoms with Crippen molar-refractivity contribution >= 4 is 21.6 Å². The van der Waals surface area contributed by atoms with Crippen molar-refractivity contribution in [1.82, 2.24) is 5.32 Å². The second-order valence-electron chi connectivity index (χ2n) is 8.56. The number of nitrogens with one attached hydrogen (secondary N) is 1. The van der Waals surface area contributed by atoms with Crippen LogP contribution < -0.4 is 23.8 Å². The standard InChI is InChI=1S/C26H26N2O6S/c1-17-7-10-20(11-8-17)35(30,31)28-16-25(34-22-6-4-3-5-21(22)28)26(29)27-18(2)19-9-12-23-24(15-19)33-14-13-32-23/h3-12,15,18,25H,13-14,16H2,1-2H3,(H,27,29)/t18-,25+/m0/s1. The number of ether oxygens (including phenoxy) is 3. The van der Waals surface area contributed by atoms with Gasteiger partial charge in [-0.05, 0) is 55.8 Å². The van der Waals surface area contributed by atoms with Crippen molar-refractivity contribution in [1.29, 1.82) is 0 Å². The first-order valence-corrected chi connectivity index (χ1v) is 12.8. The van der Waals surface area contributed by atoms with Crippen LogP contribution in [0.1, 0.15) is 24.1 Å². The van der Waals surface area contributed by atoms with E-state index in [0.717, 1.165) is 11.1 Å². The van der Waals surface area contributed by atoms with Crippen LogP contribution in [0.2, 0.25) is 0 Å². The zero-order valence-corrected chi connectivity index (χ0v) is 20.2. The maximum Gasteiger partial charge on any atom is 0.264 e. The van der Waals surface area contributed by atoms with Crippen molar-refractivity contribution < 1.29 is 27.4 Å². The van der Waals surface area contributed by atoms with Gasteiger partial charge in [-0.25, -0.2) is 8.42 Å². The smallest absolute Gasteiger partial charge is 0.264 e. The van der Waals surface area contributed by atoms with Gasteiger partial charge in [0.2, 0.25) is 0 Å². The molecule has 0 aromatic heterocycles. The third-order valence-corrected chi connectivity index (χ3v) is 7.86. The summed E-state index contributed by atoms with van der Waals surface area (Å²) in [6.45, 7) is 4.57.